The molecule has 2 aliphatic heterocycles. The van der Waals surface area contributed by atoms with Gasteiger partial charge in [-0.3, -0.25) is 9.97 Å². The van der Waals surface area contributed by atoms with Crippen LogP contribution >= 0.6 is 0 Å². The Kier molecular flexibility index (Phi) is 6.13. The van der Waals surface area contributed by atoms with Crippen molar-refractivity contribution in [1.29, 1.82) is 0 Å². The Balaban J connectivity index is 0.000000161. The fraction of sp³-hybridized carbons (Fsp3) is 0.444. The zero-order valence-corrected chi connectivity index (χ0v) is 17.4. The summed E-state index contributed by atoms with van der Waals surface area (Å²) >= 11 is 0. The fourth-order valence-electron chi connectivity index (χ4n) is 3.11. The first-order valence-electron chi connectivity index (χ1n) is 9.06. The molecule has 4 heterocycles. The fourth-order valence-corrected chi connectivity index (χ4v) is 5.83. The number of hydrogen-bond donors (Lipinski definition) is 2. The van der Waals surface area contributed by atoms with Crippen LogP contribution < -0.4 is 9.44 Å². The van der Waals surface area contributed by atoms with Crippen molar-refractivity contribution < 1.29 is 16.8 Å². The molecule has 10 heteroatoms. The highest BCUT2D eigenvalue weighted by atomic mass is 32.2. The Morgan fingerprint density at radius 2 is 1.18 bits per heavy atom. The van der Waals surface area contributed by atoms with Crippen LogP contribution in [0.4, 0.5) is 0 Å². The molecule has 0 aliphatic carbocycles. The van der Waals surface area contributed by atoms with Crippen LogP contribution in [0.1, 0.15) is 25.2 Å². The molecule has 0 spiro atoms. The van der Waals surface area contributed by atoms with Crippen molar-refractivity contribution in [2.45, 2.75) is 36.5 Å². The van der Waals surface area contributed by atoms with E-state index >= 15 is 0 Å². The van der Waals surface area contributed by atoms with Crippen LogP contribution in [-0.4, -0.2) is 39.9 Å². The van der Waals surface area contributed by atoms with Crippen LogP contribution in [-0.2, 0) is 32.9 Å². The van der Waals surface area contributed by atoms with Crippen LogP contribution in [0.3, 0.4) is 0 Å². The van der Waals surface area contributed by atoms with Gasteiger partial charge in [0.25, 0.3) is 0 Å². The third kappa shape index (κ3) is 4.75. The maximum Gasteiger partial charge on any atom is 0.242 e. The van der Waals surface area contributed by atoms with Gasteiger partial charge in [-0.2, -0.15) is 0 Å². The van der Waals surface area contributed by atoms with Crippen molar-refractivity contribution >= 4 is 20.0 Å². The molecule has 2 N–H and O–H groups in total. The SMILES string of the molecule is C[C@@H]1CNS(=O)(=O)c2cccnc2C1.C[C@H]1CNS(=O)(=O)c2cccnc2C1. The number of nitrogens with one attached hydrogen (secondary N) is 2. The molecule has 0 unspecified atom stereocenters. The maximum absolute atomic E-state index is 11.7. The second-order valence-electron chi connectivity index (χ2n) is 7.22. The summed E-state index contributed by atoms with van der Waals surface area (Å²) < 4.78 is 51.9. The van der Waals surface area contributed by atoms with Gasteiger partial charge >= 0.3 is 0 Å². The summed E-state index contributed by atoms with van der Waals surface area (Å²) in [7, 11) is -6.65. The molecule has 0 bridgehead atoms. The van der Waals surface area contributed by atoms with E-state index in [0.717, 1.165) is 0 Å². The molecule has 0 saturated carbocycles. The van der Waals surface area contributed by atoms with Gasteiger partial charge in [-0.05, 0) is 48.9 Å². The van der Waals surface area contributed by atoms with E-state index in [1.807, 2.05) is 13.8 Å². The molecule has 0 saturated heterocycles. The molecule has 8 nitrogen and oxygen atoms in total. The molecule has 2 aliphatic rings. The molecule has 0 fully saturated rings. The van der Waals surface area contributed by atoms with E-state index in [1.54, 1.807) is 36.7 Å². The molecule has 0 radical (unpaired) electrons. The Morgan fingerprint density at radius 1 is 0.786 bits per heavy atom. The topological polar surface area (TPSA) is 118 Å². The highest BCUT2D eigenvalue weighted by Crippen LogP contribution is 2.20. The highest BCUT2D eigenvalue weighted by Gasteiger charge is 2.25. The van der Waals surface area contributed by atoms with E-state index < -0.39 is 20.0 Å². The Labute approximate surface area is 165 Å². The molecule has 4 rings (SSSR count). The number of fused-ring (bicyclic) bond motifs is 2. The first-order valence-corrected chi connectivity index (χ1v) is 12.0. The van der Waals surface area contributed by atoms with Crippen molar-refractivity contribution in [1.82, 2.24) is 19.4 Å². The highest BCUT2D eigenvalue weighted by molar-refractivity contribution is 7.89. The normalized spacial score (nSPS) is 25.1. The second kappa shape index (κ2) is 8.24. The minimum absolute atomic E-state index is 0.293. The summed E-state index contributed by atoms with van der Waals surface area (Å²) in [6.45, 7) is 4.98. The number of hydrogen-bond acceptors (Lipinski definition) is 6. The molecule has 2 atom stereocenters. The molecule has 0 aromatic carbocycles. The predicted octanol–water partition coefficient (Wildman–Crippen LogP) is 1.10. The predicted molar refractivity (Wildman–Crippen MR) is 105 cm³/mol. The van der Waals surface area contributed by atoms with Crippen LogP contribution in [0.25, 0.3) is 0 Å². The summed E-state index contributed by atoms with van der Waals surface area (Å²) in [6, 6.07) is 6.49. The summed E-state index contributed by atoms with van der Waals surface area (Å²) in [6.07, 6.45) is 4.68. The lowest BCUT2D eigenvalue weighted by Gasteiger charge is -2.04. The van der Waals surface area contributed by atoms with Gasteiger partial charge < -0.3 is 0 Å². The molecule has 0 amide bonds. The summed E-state index contributed by atoms with van der Waals surface area (Å²) in [5, 5.41) is 0. The minimum atomic E-state index is -3.32. The van der Waals surface area contributed by atoms with Crippen molar-refractivity contribution in [2.24, 2.45) is 11.8 Å². The zero-order chi connectivity index (χ0) is 20.4. The van der Waals surface area contributed by atoms with Crippen molar-refractivity contribution in [3.05, 3.63) is 48.0 Å². The first-order chi connectivity index (χ1) is 13.2. The van der Waals surface area contributed by atoms with Gasteiger partial charge in [0.15, 0.2) is 0 Å². The average Bonchev–Trinajstić information content (AvgIpc) is 2.85. The van der Waals surface area contributed by atoms with E-state index in [2.05, 4.69) is 19.4 Å². The lowest BCUT2D eigenvalue weighted by molar-refractivity contribution is 0.548. The number of sulfonamides is 2. The summed E-state index contributed by atoms with van der Waals surface area (Å²) in [5.74, 6) is 0.585. The number of aromatic nitrogens is 2. The lowest BCUT2D eigenvalue weighted by atomic mass is 10.1. The van der Waals surface area contributed by atoms with Gasteiger partial charge in [-0.1, -0.05) is 13.8 Å². The Bertz CT molecular complexity index is 969. The maximum atomic E-state index is 11.7. The molecular formula is C18H24N4O4S2. The molecule has 2 aromatic rings. The smallest absolute Gasteiger partial charge is 0.242 e. The summed E-state index contributed by atoms with van der Waals surface area (Å²) in [4.78, 5) is 8.86. The van der Waals surface area contributed by atoms with E-state index in [4.69, 9.17) is 0 Å². The lowest BCUT2D eigenvalue weighted by Crippen LogP contribution is -2.26. The Morgan fingerprint density at radius 3 is 1.57 bits per heavy atom. The zero-order valence-electron chi connectivity index (χ0n) is 15.8. The average molecular weight is 425 g/mol. The molecule has 2 aromatic heterocycles. The Hall–Kier alpha value is -1.88. The molecular weight excluding hydrogens is 400 g/mol. The van der Waals surface area contributed by atoms with Gasteiger partial charge in [0.2, 0.25) is 20.0 Å². The summed E-state index contributed by atoms with van der Waals surface area (Å²) in [5.41, 5.74) is 1.34. The van der Waals surface area contributed by atoms with E-state index in [1.165, 1.54) is 0 Å². The monoisotopic (exact) mass is 424 g/mol. The van der Waals surface area contributed by atoms with Crippen molar-refractivity contribution in [3.8, 4) is 0 Å². The van der Waals surface area contributed by atoms with Gasteiger partial charge in [0, 0.05) is 25.5 Å². The second-order valence-corrected chi connectivity index (χ2v) is 10.7. The minimum Gasteiger partial charge on any atom is -0.260 e. The van der Waals surface area contributed by atoms with E-state index in [0.29, 0.717) is 58.9 Å². The largest absolute Gasteiger partial charge is 0.260 e. The quantitative estimate of drug-likeness (QED) is 0.654. The van der Waals surface area contributed by atoms with Gasteiger partial charge in [-0.15, -0.1) is 0 Å². The number of nitrogens with zero attached hydrogens (tertiary/aromatic N) is 2. The number of rotatable bonds is 0. The van der Waals surface area contributed by atoms with Crippen molar-refractivity contribution in [2.75, 3.05) is 13.1 Å². The molecule has 28 heavy (non-hydrogen) atoms. The van der Waals surface area contributed by atoms with Crippen LogP contribution in [0.2, 0.25) is 0 Å². The van der Waals surface area contributed by atoms with Crippen LogP contribution in [0.5, 0.6) is 0 Å². The van der Waals surface area contributed by atoms with E-state index in [9.17, 15) is 16.8 Å². The van der Waals surface area contributed by atoms with Crippen LogP contribution in [0, 0.1) is 11.8 Å². The third-order valence-corrected chi connectivity index (χ3v) is 7.60. The standard InChI is InChI=1S/2C9H12N2O2S/c2*1-7-5-8-9(3-2-4-10-8)14(12,13)11-6-7/h2*2-4,7,11H,5-6H2,1H3/t2*7-/m10/s1. The third-order valence-electron chi connectivity index (χ3n) is 4.60. The number of pyridine rings is 2. The van der Waals surface area contributed by atoms with Crippen molar-refractivity contribution in [3.63, 3.8) is 0 Å². The van der Waals surface area contributed by atoms with E-state index in [-0.39, 0.29) is 0 Å². The van der Waals surface area contributed by atoms with Gasteiger partial charge in [-0.25, -0.2) is 26.3 Å². The van der Waals surface area contributed by atoms with Gasteiger partial charge in [0.05, 0.1) is 11.4 Å². The van der Waals surface area contributed by atoms with Crippen LogP contribution in [0.15, 0.2) is 46.5 Å². The van der Waals surface area contributed by atoms with Gasteiger partial charge in [0.1, 0.15) is 9.79 Å². The first kappa shape index (κ1) is 20.8. The molecule has 152 valence electrons.